The Labute approximate surface area is 104 Å². The molecule has 0 atom stereocenters. The number of pyridine rings is 1. The highest BCUT2D eigenvalue weighted by Crippen LogP contribution is 2.19. The van der Waals surface area contributed by atoms with Crippen LogP contribution in [0.1, 0.15) is 15.9 Å². The topological polar surface area (TPSA) is 88.2 Å². The highest BCUT2D eigenvalue weighted by atomic mass is 16.3. The van der Waals surface area contributed by atoms with Gasteiger partial charge in [0.15, 0.2) is 5.82 Å². The molecule has 4 N–H and O–H groups in total. The minimum absolute atomic E-state index is 0.0802. The molecule has 1 aromatic heterocycles. The first-order chi connectivity index (χ1) is 8.58. The van der Waals surface area contributed by atoms with E-state index < -0.39 is 0 Å². The molecule has 5 nitrogen and oxygen atoms in total. The molecule has 0 saturated carbocycles. The van der Waals surface area contributed by atoms with Crippen LogP contribution in [0.25, 0.3) is 0 Å². The lowest BCUT2D eigenvalue weighted by atomic mass is 10.1. The van der Waals surface area contributed by atoms with Crippen LogP contribution in [0.3, 0.4) is 0 Å². The zero-order chi connectivity index (χ0) is 13.1. The van der Waals surface area contributed by atoms with Crippen LogP contribution in [-0.4, -0.2) is 16.0 Å². The number of hydrogen-bond donors (Lipinski definition) is 3. The molecule has 0 aliphatic carbocycles. The maximum absolute atomic E-state index is 11.9. The molecular weight excluding hydrogens is 230 g/mol. The number of nitrogen functional groups attached to an aromatic ring is 1. The fraction of sp³-hybridized carbons (Fsp3) is 0.0769. The maximum atomic E-state index is 11.9. The molecule has 0 fully saturated rings. The number of phenols is 1. The fourth-order valence-corrected chi connectivity index (χ4v) is 1.45. The van der Waals surface area contributed by atoms with Crippen LogP contribution in [0.4, 0.5) is 11.5 Å². The SMILES string of the molecule is Cc1ccc(C(=O)Nc2ncccc2N)cc1O. The summed E-state index contributed by atoms with van der Waals surface area (Å²) >= 11 is 0. The molecule has 92 valence electrons. The molecule has 0 spiro atoms. The summed E-state index contributed by atoms with van der Waals surface area (Å²) < 4.78 is 0. The molecule has 5 heteroatoms. The summed E-state index contributed by atoms with van der Waals surface area (Å²) in [6.07, 6.45) is 1.54. The zero-order valence-electron chi connectivity index (χ0n) is 9.84. The van der Waals surface area contributed by atoms with Gasteiger partial charge in [0, 0.05) is 11.8 Å². The van der Waals surface area contributed by atoms with E-state index in [1.165, 1.54) is 6.07 Å². The van der Waals surface area contributed by atoms with Gasteiger partial charge in [0.25, 0.3) is 5.91 Å². The van der Waals surface area contributed by atoms with Crippen molar-refractivity contribution in [1.29, 1.82) is 0 Å². The van der Waals surface area contributed by atoms with E-state index in [4.69, 9.17) is 5.73 Å². The molecule has 1 aromatic carbocycles. The third kappa shape index (κ3) is 2.40. The summed E-state index contributed by atoms with van der Waals surface area (Å²) in [6.45, 7) is 1.76. The van der Waals surface area contributed by atoms with E-state index in [2.05, 4.69) is 10.3 Å². The number of carbonyl (C=O) groups is 1. The number of nitrogens with zero attached hydrogens (tertiary/aromatic N) is 1. The number of nitrogens with one attached hydrogen (secondary N) is 1. The van der Waals surface area contributed by atoms with Crippen LogP contribution in [0, 0.1) is 6.92 Å². The molecule has 1 heterocycles. The molecule has 0 radical (unpaired) electrons. The van der Waals surface area contributed by atoms with Crippen molar-refractivity contribution in [3.63, 3.8) is 0 Å². The number of aromatic nitrogens is 1. The summed E-state index contributed by atoms with van der Waals surface area (Å²) in [5, 5.41) is 12.1. The molecule has 0 saturated heterocycles. The van der Waals surface area contributed by atoms with Crippen molar-refractivity contribution in [3.8, 4) is 5.75 Å². The maximum Gasteiger partial charge on any atom is 0.257 e. The second-order valence-corrected chi connectivity index (χ2v) is 3.90. The number of nitrogens with two attached hydrogens (primary N) is 1. The molecule has 18 heavy (non-hydrogen) atoms. The van der Waals surface area contributed by atoms with E-state index in [1.807, 2.05) is 0 Å². The second-order valence-electron chi connectivity index (χ2n) is 3.90. The van der Waals surface area contributed by atoms with Crippen LogP contribution < -0.4 is 11.1 Å². The number of rotatable bonds is 2. The van der Waals surface area contributed by atoms with Crippen molar-refractivity contribution in [3.05, 3.63) is 47.7 Å². The van der Waals surface area contributed by atoms with Gasteiger partial charge in [-0.3, -0.25) is 4.79 Å². The van der Waals surface area contributed by atoms with Gasteiger partial charge in [-0.15, -0.1) is 0 Å². The van der Waals surface area contributed by atoms with E-state index in [0.717, 1.165) is 0 Å². The standard InChI is InChI=1S/C13H13N3O2/c1-8-4-5-9(7-11(8)17)13(18)16-12-10(14)3-2-6-15-12/h2-7,17H,14H2,1H3,(H,15,16,18). The van der Waals surface area contributed by atoms with E-state index in [1.54, 1.807) is 37.4 Å². The average Bonchev–Trinajstić information content (AvgIpc) is 2.35. The number of amides is 1. The number of benzene rings is 1. The molecule has 0 aliphatic heterocycles. The Balaban J connectivity index is 2.22. The summed E-state index contributed by atoms with van der Waals surface area (Å²) in [5.74, 6) is 0.0231. The highest BCUT2D eigenvalue weighted by molar-refractivity contribution is 6.05. The number of phenolic OH excluding ortho intramolecular Hbond substituents is 1. The minimum atomic E-state index is -0.365. The smallest absolute Gasteiger partial charge is 0.257 e. The third-order valence-electron chi connectivity index (χ3n) is 2.54. The molecule has 0 unspecified atom stereocenters. The second kappa shape index (κ2) is 4.75. The van der Waals surface area contributed by atoms with Crippen LogP contribution >= 0.6 is 0 Å². The van der Waals surface area contributed by atoms with Crippen molar-refractivity contribution in [2.45, 2.75) is 6.92 Å². The molecular formula is C13H13N3O2. The van der Waals surface area contributed by atoms with Gasteiger partial charge in [0.1, 0.15) is 5.75 Å². The van der Waals surface area contributed by atoms with Gasteiger partial charge in [-0.05, 0) is 36.8 Å². The largest absolute Gasteiger partial charge is 0.508 e. The predicted octanol–water partition coefficient (Wildman–Crippen LogP) is 1.93. The van der Waals surface area contributed by atoms with Gasteiger partial charge >= 0.3 is 0 Å². The van der Waals surface area contributed by atoms with E-state index in [9.17, 15) is 9.90 Å². The van der Waals surface area contributed by atoms with Gasteiger partial charge in [0.2, 0.25) is 0 Å². The Morgan fingerprint density at radius 3 is 2.83 bits per heavy atom. The monoisotopic (exact) mass is 243 g/mol. The van der Waals surface area contributed by atoms with E-state index in [0.29, 0.717) is 22.6 Å². The van der Waals surface area contributed by atoms with Gasteiger partial charge in [-0.2, -0.15) is 0 Å². The zero-order valence-corrected chi connectivity index (χ0v) is 9.84. The van der Waals surface area contributed by atoms with Crippen molar-refractivity contribution >= 4 is 17.4 Å². The summed E-state index contributed by atoms with van der Waals surface area (Å²) in [4.78, 5) is 15.9. The van der Waals surface area contributed by atoms with Crippen LogP contribution in [0.15, 0.2) is 36.5 Å². The summed E-state index contributed by atoms with van der Waals surface area (Å²) in [6, 6.07) is 8.04. The quantitative estimate of drug-likeness (QED) is 0.752. The average molecular weight is 243 g/mol. The van der Waals surface area contributed by atoms with Gasteiger partial charge in [-0.25, -0.2) is 4.98 Å². The summed E-state index contributed by atoms with van der Waals surface area (Å²) in [7, 11) is 0. The van der Waals surface area contributed by atoms with Crippen molar-refractivity contribution in [1.82, 2.24) is 4.98 Å². The number of anilines is 2. The minimum Gasteiger partial charge on any atom is -0.508 e. The van der Waals surface area contributed by atoms with Gasteiger partial charge in [0.05, 0.1) is 5.69 Å². The first kappa shape index (κ1) is 11.9. The number of carbonyl (C=O) groups excluding carboxylic acids is 1. The van der Waals surface area contributed by atoms with Crippen LogP contribution in [0.2, 0.25) is 0 Å². The van der Waals surface area contributed by atoms with Crippen LogP contribution in [-0.2, 0) is 0 Å². The molecule has 0 bridgehead atoms. The molecule has 2 aromatic rings. The lowest BCUT2D eigenvalue weighted by Crippen LogP contribution is -2.14. The Morgan fingerprint density at radius 2 is 2.17 bits per heavy atom. The molecule has 0 aliphatic rings. The Hall–Kier alpha value is -2.56. The lowest BCUT2D eigenvalue weighted by molar-refractivity contribution is 0.102. The number of hydrogen-bond acceptors (Lipinski definition) is 4. The van der Waals surface area contributed by atoms with Crippen molar-refractivity contribution < 1.29 is 9.90 Å². The number of aryl methyl sites for hydroxylation is 1. The third-order valence-corrected chi connectivity index (χ3v) is 2.54. The Kier molecular flexibility index (Phi) is 3.14. The Morgan fingerprint density at radius 1 is 1.39 bits per heavy atom. The van der Waals surface area contributed by atoms with E-state index in [-0.39, 0.29) is 11.7 Å². The predicted molar refractivity (Wildman–Crippen MR) is 69.4 cm³/mol. The molecule has 1 amide bonds. The highest BCUT2D eigenvalue weighted by Gasteiger charge is 2.10. The normalized spacial score (nSPS) is 10.1. The van der Waals surface area contributed by atoms with Gasteiger partial charge < -0.3 is 16.2 Å². The van der Waals surface area contributed by atoms with Crippen LogP contribution in [0.5, 0.6) is 5.75 Å². The van der Waals surface area contributed by atoms with E-state index >= 15 is 0 Å². The van der Waals surface area contributed by atoms with Gasteiger partial charge in [-0.1, -0.05) is 6.07 Å². The Bertz CT molecular complexity index is 597. The fourth-order valence-electron chi connectivity index (χ4n) is 1.45. The lowest BCUT2D eigenvalue weighted by Gasteiger charge is -2.07. The first-order valence-electron chi connectivity index (χ1n) is 5.39. The first-order valence-corrected chi connectivity index (χ1v) is 5.39. The van der Waals surface area contributed by atoms with Crippen molar-refractivity contribution in [2.75, 3.05) is 11.1 Å². The van der Waals surface area contributed by atoms with Crippen molar-refractivity contribution in [2.24, 2.45) is 0 Å². The summed E-state index contributed by atoms with van der Waals surface area (Å²) in [5.41, 5.74) is 7.13. The number of aromatic hydroxyl groups is 1. The molecule has 2 rings (SSSR count).